The Bertz CT molecular complexity index is 2170. The highest BCUT2D eigenvalue weighted by Crippen LogP contribution is 2.10. The molecular weight excluding hydrogens is 1180 g/mol. The molecule has 0 radical (unpaired) electrons. The Balaban J connectivity index is 1.26. The van der Waals surface area contributed by atoms with Gasteiger partial charge in [-0.25, -0.2) is 0 Å². The first-order valence-electron chi connectivity index (χ1n) is 30.6. The van der Waals surface area contributed by atoms with E-state index in [0.717, 1.165) is 11.1 Å². The van der Waals surface area contributed by atoms with Crippen LogP contribution in [0.2, 0.25) is 0 Å². The second-order valence-electron chi connectivity index (χ2n) is 19.9. The van der Waals surface area contributed by atoms with E-state index in [4.69, 9.17) is 47.6 Å². The lowest BCUT2D eigenvalue weighted by molar-refractivity contribution is -0.132. The monoisotopic (exact) mass is 1280 g/mol. The quantitative estimate of drug-likeness (QED) is 0.0239. The largest absolute Gasteiger partial charge is 0.396 e. The number of ether oxygens (including phenoxy) is 8. The first-order chi connectivity index (χ1) is 43.8. The summed E-state index contributed by atoms with van der Waals surface area (Å²) in [6.07, 6.45) is 4.46. The predicted molar refractivity (Wildman–Crippen MR) is 328 cm³/mol. The van der Waals surface area contributed by atoms with Gasteiger partial charge in [0.1, 0.15) is 39.6 Å². The number of carbonyl (C=O) groups excluding carboxylic acids is 8. The van der Waals surface area contributed by atoms with Gasteiger partial charge in [-0.05, 0) is 69.5 Å². The van der Waals surface area contributed by atoms with E-state index in [-0.39, 0.29) is 114 Å². The van der Waals surface area contributed by atoms with Crippen molar-refractivity contribution in [2.45, 2.75) is 77.0 Å². The number of halogens is 2. The van der Waals surface area contributed by atoms with Gasteiger partial charge in [-0.1, -0.05) is 71.0 Å². The summed E-state index contributed by atoms with van der Waals surface area (Å²) >= 11 is 0. The molecule has 0 atom stereocenters. The molecule has 0 unspecified atom stereocenters. The van der Waals surface area contributed by atoms with Crippen molar-refractivity contribution in [2.75, 3.05) is 178 Å². The second kappa shape index (κ2) is 56.1. The summed E-state index contributed by atoms with van der Waals surface area (Å²) in [4.78, 5) is 107. The first-order valence-corrected chi connectivity index (χ1v) is 30.6. The van der Waals surface area contributed by atoms with Crippen molar-refractivity contribution in [1.82, 2.24) is 36.8 Å². The molecule has 27 nitrogen and oxygen atoms in total. The molecule has 2 aromatic carbocycles. The third kappa shape index (κ3) is 48.9. The second-order valence-corrected chi connectivity index (χ2v) is 19.9. The molecule has 2 aromatic rings. The van der Waals surface area contributed by atoms with Gasteiger partial charge in [-0.15, -0.1) is 0 Å². The van der Waals surface area contributed by atoms with E-state index in [2.05, 4.69) is 42.2 Å². The number of amides is 6. The van der Waals surface area contributed by atoms with Crippen LogP contribution < -0.4 is 31.9 Å². The molecule has 0 heterocycles. The SMILES string of the molecule is CN(CC(=O)NCCCOCCOCCOCCCNC(=O)COCC(=O)NCCCCO/N=C(/CCC(=O)F)c1ccccc1)CC(=O)NCCCOCCOCCOCCCNC(=O)COCC(=O)NCCCCO/N=C(/CCC(=O)F)c1ccccc1. The van der Waals surface area contributed by atoms with E-state index in [1.807, 2.05) is 36.4 Å². The van der Waals surface area contributed by atoms with Crippen molar-refractivity contribution in [3.63, 3.8) is 0 Å². The summed E-state index contributed by atoms with van der Waals surface area (Å²) in [5.74, 6) is -1.81. The lowest BCUT2D eigenvalue weighted by Gasteiger charge is -2.16. The van der Waals surface area contributed by atoms with Gasteiger partial charge in [-0.2, -0.15) is 8.78 Å². The molecule has 6 amide bonds. The standard InChI is InChI=1S/C61H95F2N9O18/c1-72(44-56(75)64-26-12-30-81-36-40-85-42-38-83-32-14-28-68-60(79)48-87-46-58(77)66-24-8-10-34-89-70-52(20-22-54(62)73)50-16-4-2-5-17-50)45-57(76)65-27-13-31-82-37-41-86-43-39-84-33-15-29-69-61(80)49-88-47-59(78)67-25-9-11-35-90-71-53(21-23-55(63)74)51-18-6-3-7-19-51/h2-7,16-19H,8-15,20-49H2,1H3,(H,64,75)(H,65,76)(H,66,77)(H,67,78)(H,68,79)(H,69,80)/b70-52-,71-53-. The molecule has 0 bridgehead atoms. The molecular formula is C61H95F2N9O18. The molecule has 0 aromatic heterocycles. The molecule has 0 fully saturated rings. The fraction of sp³-hybridized carbons (Fsp3) is 0.639. The first kappa shape index (κ1) is 79.1. The smallest absolute Gasteiger partial charge is 0.301 e. The summed E-state index contributed by atoms with van der Waals surface area (Å²) in [6.45, 7) is 6.76. The van der Waals surface area contributed by atoms with Crippen LogP contribution in [0.1, 0.15) is 88.2 Å². The fourth-order valence-corrected chi connectivity index (χ4v) is 7.49. The minimum atomic E-state index is -1.42. The Morgan fingerprint density at radius 2 is 0.622 bits per heavy atom. The zero-order valence-corrected chi connectivity index (χ0v) is 52.1. The fourth-order valence-electron chi connectivity index (χ4n) is 7.49. The van der Waals surface area contributed by atoms with E-state index in [0.29, 0.717) is 181 Å². The number of hydrogen-bond donors (Lipinski definition) is 6. The van der Waals surface area contributed by atoms with Gasteiger partial charge in [0.2, 0.25) is 35.4 Å². The van der Waals surface area contributed by atoms with Crippen molar-refractivity contribution in [2.24, 2.45) is 10.3 Å². The van der Waals surface area contributed by atoms with Gasteiger partial charge >= 0.3 is 12.1 Å². The molecule has 0 aliphatic carbocycles. The van der Waals surface area contributed by atoms with Gasteiger partial charge in [0, 0.05) is 91.4 Å². The van der Waals surface area contributed by atoms with Crippen LogP contribution in [0.25, 0.3) is 0 Å². The number of oxime groups is 2. The van der Waals surface area contributed by atoms with Crippen LogP contribution in [-0.2, 0) is 85.9 Å². The topological polar surface area (TPSA) is 329 Å². The summed E-state index contributed by atoms with van der Waals surface area (Å²) < 4.78 is 69.0. The number of likely N-dealkylation sites (N-methyl/N-ethyl adjacent to an activating group) is 1. The highest BCUT2D eigenvalue weighted by atomic mass is 19.1. The molecule has 29 heteroatoms. The van der Waals surface area contributed by atoms with E-state index in [9.17, 15) is 47.1 Å². The third-order valence-electron chi connectivity index (χ3n) is 12.0. The number of nitrogens with one attached hydrogen (secondary N) is 6. The van der Waals surface area contributed by atoms with Gasteiger partial charge in [0.25, 0.3) is 0 Å². The Morgan fingerprint density at radius 3 is 0.922 bits per heavy atom. The van der Waals surface area contributed by atoms with Gasteiger partial charge in [0.05, 0.1) is 77.4 Å². The van der Waals surface area contributed by atoms with Crippen molar-refractivity contribution >= 4 is 58.9 Å². The molecule has 2 rings (SSSR count). The van der Waals surface area contributed by atoms with Crippen molar-refractivity contribution < 1.29 is 94.7 Å². The zero-order chi connectivity index (χ0) is 65.2. The van der Waals surface area contributed by atoms with E-state index in [1.54, 1.807) is 36.2 Å². The van der Waals surface area contributed by atoms with Crippen LogP contribution in [0.15, 0.2) is 71.0 Å². The van der Waals surface area contributed by atoms with Gasteiger partial charge < -0.3 is 79.5 Å². The number of rotatable bonds is 60. The molecule has 0 saturated heterocycles. The van der Waals surface area contributed by atoms with Crippen molar-refractivity contribution in [3.05, 3.63) is 71.8 Å². The van der Waals surface area contributed by atoms with Crippen molar-refractivity contribution in [3.8, 4) is 0 Å². The summed E-state index contributed by atoms with van der Waals surface area (Å²) in [6, 6.07) is 15.3. The lowest BCUT2D eigenvalue weighted by atomic mass is 10.1. The zero-order valence-electron chi connectivity index (χ0n) is 52.1. The normalized spacial score (nSPS) is 11.5. The van der Waals surface area contributed by atoms with Crippen molar-refractivity contribution in [1.29, 1.82) is 0 Å². The van der Waals surface area contributed by atoms with Gasteiger partial charge in [0.15, 0.2) is 0 Å². The van der Waals surface area contributed by atoms with Crippen LogP contribution in [-0.4, -0.2) is 242 Å². The maximum absolute atomic E-state index is 12.7. The molecule has 0 saturated carbocycles. The Hall–Kier alpha value is -6.96. The van der Waals surface area contributed by atoms with Crippen LogP contribution in [0.4, 0.5) is 8.78 Å². The lowest BCUT2D eigenvalue weighted by Crippen LogP contribution is -2.41. The predicted octanol–water partition coefficient (Wildman–Crippen LogP) is 2.26. The molecule has 0 aliphatic rings. The van der Waals surface area contributed by atoms with Crippen LogP contribution >= 0.6 is 0 Å². The Morgan fingerprint density at radius 1 is 0.344 bits per heavy atom. The maximum atomic E-state index is 12.7. The number of nitrogens with zero attached hydrogens (tertiary/aromatic N) is 3. The number of hydrogen-bond acceptors (Lipinski definition) is 21. The van der Waals surface area contributed by atoms with Crippen LogP contribution in [0.3, 0.4) is 0 Å². The number of carbonyl (C=O) groups is 8. The summed E-state index contributed by atoms with van der Waals surface area (Å²) in [7, 11) is 1.69. The average molecular weight is 1280 g/mol. The maximum Gasteiger partial charge on any atom is 0.301 e. The average Bonchev–Trinajstić information content (AvgIpc) is 3.74. The molecule has 0 aliphatic heterocycles. The minimum absolute atomic E-state index is 0.0646. The number of unbranched alkanes of at least 4 members (excludes halogenated alkanes) is 2. The summed E-state index contributed by atoms with van der Waals surface area (Å²) in [5, 5.41) is 24.6. The minimum Gasteiger partial charge on any atom is -0.396 e. The van der Waals surface area contributed by atoms with Gasteiger partial charge in [-0.3, -0.25) is 43.3 Å². The van der Waals surface area contributed by atoms with E-state index >= 15 is 0 Å². The van der Waals surface area contributed by atoms with E-state index in [1.165, 1.54) is 0 Å². The van der Waals surface area contributed by atoms with Crippen LogP contribution in [0, 0.1) is 0 Å². The van der Waals surface area contributed by atoms with E-state index < -0.39 is 12.1 Å². The molecule has 506 valence electrons. The Kier molecular flexibility index (Phi) is 49.3. The summed E-state index contributed by atoms with van der Waals surface area (Å²) in [5.41, 5.74) is 2.44. The highest BCUT2D eigenvalue weighted by Gasteiger charge is 2.13. The molecule has 0 spiro atoms. The Labute approximate surface area is 526 Å². The van der Waals surface area contributed by atoms with Crippen LogP contribution in [0.5, 0.6) is 0 Å². The highest BCUT2D eigenvalue weighted by molar-refractivity contribution is 6.02. The third-order valence-corrected chi connectivity index (χ3v) is 12.0. The molecule has 90 heavy (non-hydrogen) atoms. The molecule has 6 N–H and O–H groups in total. The number of benzene rings is 2.